The van der Waals surface area contributed by atoms with Crippen LogP contribution in [0.3, 0.4) is 0 Å². The van der Waals surface area contributed by atoms with Gasteiger partial charge in [-0.15, -0.1) is 6.58 Å². The Morgan fingerprint density at radius 2 is 1.62 bits per heavy atom. The van der Waals surface area contributed by atoms with Crippen LogP contribution in [0.1, 0.15) is 37.3 Å². The molecule has 2 aromatic rings. The molecule has 0 aliphatic heterocycles. The summed E-state index contributed by atoms with van der Waals surface area (Å²) in [6.07, 6.45) is 5.41. The van der Waals surface area contributed by atoms with Crippen LogP contribution in [0.4, 0.5) is 0 Å². The van der Waals surface area contributed by atoms with Crippen LogP contribution in [-0.2, 0) is 12.0 Å². The zero-order valence-corrected chi connectivity index (χ0v) is 15.0. The molecule has 0 amide bonds. The summed E-state index contributed by atoms with van der Waals surface area (Å²) < 4.78 is 0. The van der Waals surface area contributed by atoms with Gasteiger partial charge in [0.1, 0.15) is 0 Å². The average molecular weight is 325 g/mol. The van der Waals surface area contributed by atoms with E-state index < -0.39 is 5.60 Å². The Morgan fingerprint density at radius 3 is 2.08 bits per heavy atom. The van der Waals surface area contributed by atoms with Crippen molar-refractivity contribution in [3.63, 3.8) is 0 Å². The minimum atomic E-state index is -0.684. The third-order valence-electron chi connectivity index (χ3n) is 4.14. The average Bonchev–Trinajstić information content (AvgIpc) is 2.64. The lowest BCUT2D eigenvalue weighted by Crippen LogP contribution is -2.24. The normalized spacial score (nSPS) is 12.6. The van der Waals surface area contributed by atoms with Crippen LogP contribution in [0.15, 0.2) is 73.3 Å². The Labute approximate surface area is 147 Å². The highest BCUT2D eigenvalue weighted by atomic mass is 16.3. The molecule has 0 aromatic heterocycles. The molecular formula is C22H31NO. The molecule has 24 heavy (non-hydrogen) atoms. The van der Waals surface area contributed by atoms with E-state index in [1.807, 2.05) is 49.5 Å². The van der Waals surface area contributed by atoms with Crippen molar-refractivity contribution in [3.05, 3.63) is 84.4 Å². The molecule has 0 aliphatic rings. The topological polar surface area (TPSA) is 32.3 Å². The Kier molecular flexibility index (Phi) is 9.74. The van der Waals surface area contributed by atoms with E-state index in [-0.39, 0.29) is 0 Å². The summed E-state index contributed by atoms with van der Waals surface area (Å²) in [7, 11) is 1.89. The predicted molar refractivity (Wildman–Crippen MR) is 104 cm³/mol. The fourth-order valence-electron chi connectivity index (χ4n) is 2.65. The largest absolute Gasteiger partial charge is 0.385 e. The summed E-state index contributed by atoms with van der Waals surface area (Å²) >= 11 is 0. The van der Waals surface area contributed by atoms with Gasteiger partial charge in [0, 0.05) is 6.54 Å². The highest BCUT2D eigenvalue weighted by Gasteiger charge is 2.25. The third-order valence-corrected chi connectivity index (χ3v) is 4.14. The molecule has 0 saturated heterocycles. The van der Waals surface area contributed by atoms with Crippen LogP contribution in [0.5, 0.6) is 0 Å². The van der Waals surface area contributed by atoms with Gasteiger partial charge in [-0.25, -0.2) is 0 Å². The molecule has 1 unspecified atom stereocenters. The molecule has 130 valence electrons. The lowest BCUT2D eigenvalue weighted by molar-refractivity contribution is 0.0214. The van der Waals surface area contributed by atoms with Crippen molar-refractivity contribution >= 4 is 0 Å². The van der Waals surface area contributed by atoms with Crippen molar-refractivity contribution in [1.82, 2.24) is 5.32 Å². The van der Waals surface area contributed by atoms with E-state index in [0.29, 0.717) is 0 Å². The molecule has 0 radical (unpaired) electrons. The third kappa shape index (κ3) is 7.12. The fraction of sp³-hybridized carbons (Fsp3) is 0.364. The van der Waals surface area contributed by atoms with Crippen LogP contribution in [0.25, 0.3) is 0 Å². The van der Waals surface area contributed by atoms with Crippen LogP contribution < -0.4 is 5.32 Å². The Bertz CT molecular complexity index is 553. The smallest absolute Gasteiger partial charge is 0.0894 e. The Morgan fingerprint density at radius 1 is 1.04 bits per heavy atom. The summed E-state index contributed by atoms with van der Waals surface area (Å²) in [6, 6.07) is 20.5. The first-order chi connectivity index (χ1) is 11.7. The molecule has 0 heterocycles. The van der Waals surface area contributed by atoms with Gasteiger partial charge >= 0.3 is 0 Å². The number of nitrogens with one attached hydrogen (secondary N) is 1. The Hall–Kier alpha value is -1.90. The summed E-state index contributed by atoms with van der Waals surface area (Å²) in [5.74, 6) is 0. The van der Waals surface area contributed by atoms with E-state index in [1.165, 1.54) is 5.56 Å². The van der Waals surface area contributed by atoms with E-state index in [2.05, 4.69) is 43.1 Å². The molecule has 2 rings (SSSR count). The van der Waals surface area contributed by atoms with E-state index >= 15 is 0 Å². The first-order valence-electron chi connectivity index (χ1n) is 8.73. The van der Waals surface area contributed by atoms with Gasteiger partial charge in [-0.3, -0.25) is 0 Å². The second-order valence-corrected chi connectivity index (χ2v) is 5.94. The zero-order valence-electron chi connectivity index (χ0n) is 15.0. The number of likely N-dealkylation sites (N-methyl/N-ethyl adjacent to an activating group) is 1. The molecule has 0 aliphatic carbocycles. The van der Waals surface area contributed by atoms with Gasteiger partial charge in [-0.1, -0.05) is 73.7 Å². The van der Waals surface area contributed by atoms with Crippen LogP contribution >= 0.6 is 0 Å². The SMILES string of the molecule is C=CCNC.CCC(O)(CCCc1ccccc1)c1ccccc1. The second kappa shape index (κ2) is 11.6. The first kappa shape index (κ1) is 20.1. The number of rotatable bonds is 8. The monoisotopic (exact) mass is 325 g/mol. The molecular weight excluding hydrogens is 294 g/mol. The fourth-order valence-corrected chi connectivity index (χ4v) is 2.65. The van der Waals surface area contributed by atoms with Crippen molar-refractivity contribution in [2.24, 2.45) is 0 Å². The maximum atomic E-state index is 10.8. The van der Waals surface area contributed by atoms with E-state index in [4.69, 9.17) is 0 Å². The summed E-state index contributed by atoms with van der Waals surface area (Å²) in [5, 5.41) is 13.7. The molecule has 0 saturated carbocycles. The van der Waals surface area contributed by atoms with Crippen molar-refractivity contribution < 1.29 is 5.11 Å². The molecule has 0 spiro atoms. The summed E-state index contributed by atoms with van der Waals surface area (Å²) in [5.41, 5.74) is 1.69. The highest BCUT2D eigenvalue weighted by Crippen LogP contribution is 2.30. The number of aryl methyl sites for hydroxylation is 1. The molecule has 1 atom stereocenters. The van der Waals surface area contributed by atoms with Gasteiger partial charge in [0.25, 0.3) is 0 Å². The van der Waals surface area contributed by atoms with Crippen molar-refractivity contribution in [2.75, 3.05) is 13.6 Å². The molecule has 2 aromatic carbocycles. The van der Waals surface area contributed by atoms with E-state index in [9.17, 15) is 5.11 Å². The predicted octanol–water partition coefficient (Wildman–Crippen LogP) is 4.70. The first-order valence-corrected chi connectivity index (χ1v) is 8.73. The van der Waals surface area contributed by atoms with Gasteiger partial charge in [-0.05, 0) is 43.9 Å². The minimum Gasteiger partial charge on any atom is -0.385 e. The van der Waals surface area contributed by atoms with Gasteiger partial charge < -0.3 is 10.4 Å². The molecule has 0 fully saturated rings. The molecule has 0 bridgehead atoms. The quantitative estimate of drug-likeness (QED) is 0.690. The number of hydrogen-bond acceptors (Lipinski definition) is 2. The standard InChI is InChI=1S/C18H22O.C4H9N/c1-2-18(19,17-13-7-4-8-14-17)15-9-12-16-10-5-3-6-11-16;1-3-4-5-2/h3-8,10-11,13-14,19H,2,9,12,15H2,1H3;3,5H,1,4H2,2H3. The van der Waals surface area contributed by atoms with Gasteiger partial charge in [0.15, 0.2) is 0 Å². The van der Waals surface area contributed by atoms with Crippen LogP contribution in [-0.4, -0.2) is 18.7 Å². The number of hydrogen-bond donors (Lipinski definition) is 2. The minimum absolute atomic E-state index is 0.684. The zero-order chi connectivity index (χ0) is 17.7. The van der Waals surface area contributed by atoms with E-state index in [0.717, 1.165) is 37.8 Å². The Balaban J connectivity index is 0.000000505. The van der Waals surface area contributed by atoms with Crippen LogP contribution in [0, 0.1) is 0 Å². The molecule has 2 N–H and O–H groups in total. The number of benzene rings is 2. The maximum Gasteiger partial charge on any atom is 0.0894 e. The number of aliphatic hydroxyl groups is 1. The maximum absolute atomic E-state index is 10.8. The lowest BCUT2D eigenvalue weighted by atomic mass is 9.86. The van der Waals surface area contributed by atoms with E-state index in [1.54, 1.807) is 0 Å². The summed E-state index contributed by atoms with van der Waals surface area (Å²) in [6.45, 7) is 6.44. The lowest BCUT2D eigenvalue weighted by Gasteiger charge is -2.27. The van der Waals surface area contributed by atoms with Gasteiger partial charge in [0.2, 0.25) is 0 Å². The van der Waals surface area contributed by atoms with Crippen molar-refractivity contribution in [1.29, 1.82) is 0 Å². The van der Waals surface area contributed by atoms with Crippen molar-refractivity contribution in [3.8, 4) is 0 Å². The van der Waals surface area contributed by atoms with Crippen LogP contribution in [0.2, 0.25) is 0 Å². The summed E-state index contributed by atoms with van der Waals surface area (Å²) in [4.78, 5) is 0. The van der Waals surface area contributed by atoms with Crippen molar-refractivity contribution in [2.45, 2.75) is 38.2 Å². The van der Waals surface area contributed by atoms with Gasteiger partial charge in [0.05, 0.1) is 5.60 Å². The highest BCUT2D eigenvalue weighted by molar-refractivity contribution is 5.22. The molecule has 2 heteroatoms. The van der Waals surface area contributed by atoms with Gasteiger partial charge in [-0.2, -0.15) is 0 Å². The molecule has 2 nitrogen and oxygen atoms in total. The second-order valence-electron chi connectivity index (χ2n) is 5.94.